The Hall–Kier alpha value is -2.38. The largest absolute Gasteiger partial charge is 0.351 e. The number of nitrogens with zero attached hydrogens (tertiary/aromatic N) is 4. The summed E-state index contributed by atoms with van der Waals surface area (Å²) in [4.78, 5) is 23.7. The number of hydrogen-bond acceptors (Lipinski definition) is 5. The third-order valence-electron chi connectivity index (χ3n) is 5.66. The number of pyridine rings is 1. The van der Waals surface area contributed by atoms with Crippen molar-refractivity contribution in [3.63, 3.8) is 0 Å². The summed E-state index contributed by atoms with van der Waals surface area (Å²) in [6, 6.07) is 8.26. The summed E-state index contributed by atoms with van der Waals surface area (Å²) in [6.45, 7) is 5.25. The van der Waals surface area contributed by atoms with Gasteiger partial charge in [0.05, 0.1) is 23.3 Å². The van der Waals surface area contributed by atoms with Crippen molar-refractivity contribution in [2.24, 2.45) is 7.05 Å². The van der Waals surface area contributed by atoms with Gasteiger partial charge in [-0.2, -0.15) is 11.8 Å². The molecule has 0 fully saturated rings. The summed E-state index contributed by atoms with van der Waals surface area (Å²) < 4.78 is 2.19. The van der Waals surface area contributed by atoms with Crippen LogP contribution < -0.4 is 5.32 Å². The number of hydrogen-bond donors (Lipinski definition) is 1. The Morgan fingerprint density at radius 3 is 2.93 bits per heavy atom. The second-order valence-electron chi connectivity index (χ2n) is 7.57. The maximum absolute atomic E-state index is 11.9. The lowest BCUT2D eigenvalue weighted by Crippen LogP contribution is -2.33. The molecule has 0 bridgehead atoms. The summed E-state index contributed by atoms with van der Waals surface area (Å²) in [7, 11) is 2.09. The van der Waals surface area contributed by atoms with Crippen molar-refractivity contribution in [3.8, 4) is 0 Å². The van der Waals surface area contributed by atoms with E-state index in [0.29, 0.717) is 12.3 Å². The average molecular weight is 410 g/mol. The molecule has 1 aromatic carbocycles. The Morgan fingerprint density at radius 2 is 2.14 bits per heavy atom. The number of rotatable bonds is 6. The molecule has 7 heteroatoms. The standard InChI is InChI=1S/C22H27N5OS/c1-15-18(11-24-22(28)14-29-3)17-8-9-27(12-16(17)10-23-15)13-21-25-19-6-4-5-7-20(19)26(21)2/h4-7,10H,8-9,11-14H2,1-3H3,(H,24,28). The summed E-state index contributed by atoms with van der Waals surface area (Å²) in [5.41, 5.74) is 7.01. The third kappa shape index (κ3) is 4.16. The average Bonchev–Trinajstić information content (AvgIpc) is 3.03. The normalized spacial score (nSPS) is 14.2. The third-order valence-corrected chi connectivity index (χ3v) is 6.21. The van der Waals surface area contributed by atoms with Gasteiger partial charge in [0.2, 0.25) is 5.91 Å². The van der Waals surface area contributed by atoms with Gasteiger partial charge in [0.1, 0.15) is 5.82 Å². The monoisotopic (exact) mass is 409 g/mol. The molecular weight excluding hydrogens is 382 g/mol. The smallest absolute Gasteiger partial charge is 0.230 e. The van der Waals surface area contributed by atoms with Crippen molar-refractivity contribution in [2.75, 3.05) is 18.6 Å². The first-order chi connectivity index (χ1) is 14.1. The highest BCUT2D eigenvalue weighted by molar-refractivity contribution is 7.99. The SMILES string of the molecule is CSCC(=O)NCc1c(C)ncc2c1CCN(Cc1nc3ccccc3n1C)C2. The maximum Gasteiger partial charge on any atom is 0.230 e. The van der Waals surface area contributed by atoms with E-state index >= 15 is 0 Å². The molecule has 6 nitrogen and oxygen atoms in total. The van der Waals surface area contributed by atoms with Gasteiger partial charge in [0.15, 0.2) is 0 Å². The zero-order chi connectivity index (χ0) is 20.4. The van der Waals surface area contributed by atoms with E-state index < -0.39 is 0 Å². The predicted molar refractivity (Wildman–Crippen MR) is 118 cm³/mol. The van der Waals surface area contributed by atoms with Gasteiger partial charge in [-0.15, -0.1) is 0 Å². The quantitative estimate of drug-likeness (QED) is 0.678. The van der Waals surface area contributed by atoms with Crippen LogP contribution in [0.15, 0.2) is 30.5 Å². The van der Waals surface area contributed by atoms with Crippen LogP contribution in [0.2, 0.25) is 0 Å². The number of carbonyl (C=O) groups is 1. The van der Waals surface area contributed by atoms with E-state index in [1.807, 2.05) is 25.4 Å². The second-order valence-corrected chi connectivity index (χ2v) is 8.44. The zero-order valence-electron chi connectivity index (χ0n) is 17.2. The van der Waals surface area contributed by atoms with Gasteiger partial charge in [0, 0.05) is 38.6 Å². The topological polar surface area (TPSA) is 63.1 Å². The lowest BCUT2D eigenvalue weighted by molar-refractivity contribution is -0.118. The van der Waals surface area contributed by atoms with Crippen molar-refractivity contribution >= 4 is 28.7 Å². The van der Waals surface area contributed by atoms with E-state index in [1.165, 1.54) is 34.0 Å². The summed E-state index contributed by atoms with van der Waals surface area (Å²) in [5, 5.41) is 3.04. The fourth-order valence-electron chi connectivity index (χ4n) is 4.06. The number of fused-ring (bicyclic) bond motifs is 2. The molecule has 2 aromatic heterocycles. The van der Waals surface area contributed by atoms with E-state index in [2.05, 4.69) is 45.0 Å². The minimum Gasteiger partial charge on any atom is -0.351 e. The molecule has 3 heterocycles. The zero-order valence-corrected chi connectivity index (χ0v) is 18.1. The Bertz CT molecular complexity index is 1050. The highest BCUT2D eigenvalue weighted by Crippen LogP contribution is 2.25. The number of amides is 1. The molecule has 1 amide bonds. The number of aryl methyl sites for hydroxylation is 2. The molecule has 1 aliphatic heterocycles. The predicted octanol–water partition coefficient (Wildman–Crippen LogP) is 2.81. The van der Waals surface area contributed by atoms with Crippen LogP contribution in [-0.2, 0) is 37.9 Å². The first-order valence-corrected chi connectivity index (χ1v) is 11.3. The van der Waals surface area contributed by atoms with Gasteiger partial charge >= 0.3 is 0 Å². The molecule has 4 rings (SSSR count). The first kappa shape index (κ1) is 19.9. The van der Waals surface area contributed by atoms with E-state index in [0.717, 1.165) is 43.1 Å². The van der Waals surface area contributed by atoms with Gasteiger partial charge in [-0.05, 0) is 48.4 Å². The van der Waals surface area contributed by atoms with Crippen LogP contribution in [0.5, 0.6) is 0 Å². The van der Waals surface area contributed by atoms with Crippen LogP contribution in [0.4, 0.5) is 0 Å². The van der Waals surface area contributed by atoms with E-state index in [-0.39, 0.29) is 5.91 Å². The lowest BCUT2D eigenvalue weighted by Gasteiger charge is -2.30. The Labute approximate surface area is 175 Å². The molecule has 1 N–H and O–H groups in total. The first-order valence-electron chi connectivity index (χ1n) is 9.91. The fourth-order valence-corrected chi connectivity index (χ4v) is 4.42. The van der Waals surface area contributed by atoms with Crippen LogP contribution in [0, 0.1) is 6.92 Å². The molecule has 3 aromatic rings. The van der Waals surface area contributed by atoms with Crippen LogP contribution >= 0.6 is 11.8 Å². The van der Waals surface area contributed by atoms with Crippen molar-refractivity contribution in [1.82, 2.24) is 24.8 Å². The van der Waals surface area contributed by atoms with Crippen LogP contribution in [0.1, 0.15) is 28.2 Å². The molecule has 0 unspecified atom stereocenters. The number of aromatic nitrogens is 3. The summed E-state index contributed by atoms with van der Waals surface area (Å²) in [6.07, 6.45) is 4.91. The second kappa shape index (κ2) is 8.55. The molecule has 0 radical (unpaired) electrons. The molecule has 0 spiro atoms. The van der Waals surface area contributed by atoms with E-state index in [4.69, 9.17) is 4.98 Å². The minimum absolute atomic E-state index is 0.0776. The number of nitrogens with one attached hydrogen (secondary N) is 1. The number of benzene rings is 1. The summed E-state index contributed by atoms with van der Waals surface area (Å²) >= 11 is 1.54. The lowest BCUT2D eigenvalue weighted by atomic mass is 9.95. The van der Waals surface area contributed by atoms with E-state index in [1.54, 1.807) is 0 Å². The molecule has 29 heavy (non-hydrogen) atoms. The van der Waals surface area contributed by atoms with Crippen molar-refractivity contribution in [1.29, 1.82) is 0 Å². The van der Waals surface area contributed by atoms with Gasteiger partial charge in [-0.25, -0.2) is 4.98 Å². The molecular formula is C22H27N5OS. The van der Waals surface area contributed by atoms with Crippen molar-refractivity contribution < 1.29 is 4.79 Å². The number of para-hydroxylation sites is 2. The van der Waals surface area contributed by atoms with E-state index in [9.17, 15) is 4.79 Å². The fraction of sp³-hybridized carbons (Fsp3) is 0.409. The summed E-state index contributed by atoms with van der Waals surface area (Å²) in [5.74, 6) is 1.65. The Balaban J connectivity index is 1.50. The number of carbonyl (C=O) groups excluding carboxylic acids is 1. The highest BCUT2D eigenvalue weighted by Gasteiger charge is 2.22. The molecule has 152 valence electrons. The molecule has 0 saturated carbocycles. The Kier molecular flexibility index (Phi) is 5.87. The van der Waals surface area contributed by atoms with Gasteiger partial charge < -0.3 is 9.88 Å². The number of thioether (sulfide) groups is 1. The minimum atomic E-state index is 0.0776. The molecule has 0 saturated heterocycles. The molecule has 0 aliphatic carbocycles. The molecule has 1 aliphatic rings. The van der Waals surface area contributed by atoms with Gasteiger partial charge in [-0.1, -0.05) is 12.1 Å². The van der Waals surface area contributed by atoms with Gasteiger partial charge in [0.25, 0.3) is 0 Å². The number of imidazole rings is 1. The Morgan fingerprint density at radius 1 is 1.31 bits per heavy atom. The van der Waals surface area contributed by atoms with Crippen molar-refractivity contribution in [3.05, 3.63) is 58.7 Å². The van der Waals surface area contributed by atoms with Crippen LogP contribution in [0.3, 0.4) is 0 Å². The highest BCUT2D eigenvalue weighted by atomic mass is 32.2. The van der Waals surface area contributed by atoms with Gasteiger partial charge in [-0.3, -0.25) is 14.7 Å². The van der Waals surface area contributed by atoms with Crippen LogP contribution in [-0.4, -0.2) is 43.9 Å². The maximum atomic E-state index is 11.9. The van der Waals surface area contributed by atoms with Crippen molar-refractivity contribution in [2.45, 2.75) is 33.0 Å². The molecule has 0 atom stereocenters. The van der Waals surface area contributed by atoms with Crippen LogP contribution in [0.25, 0.3) is 11.0 Å².